The Hall–Kier alpha value is -3.43. The number of carbonyl (C=O) groups excluding carboxylic acids is 4. The van der Waals surface area contributed by atoms with E-state index >= 15 is 0 Å². The van der Waals surface area contributed by atoms with Crippen molar-refractivity contribution >= 4 is 57.9 Å². The van der Waals surface area contributed by atoms with Crippen molar-refractivity contribution in [1.82, 2.24) is 10.6 Å². The van der Waals surface area contributed by atoms with Crippen LogP contribution < -0.4 is 25.6 Å². The lowest BCUT2D eigenvalue weighted by atomic mass is 10.2. The summed E-state index contributed by atoms with van der Waals surface area (Å²) in [6.07, 6.45) is -3.47. The number of hydrogen-bond donors (Lipinski definition) is 3. The van der Waals surface area contributed by atoms with Gasteiger partial charge in [-0.2, -0.15) is 17.6 Å². The van der Waals surface area contributed by atoms with Crippen molar-refractivity contribution in [1.29, 1.82) is 0 Å². The van der Waals surface area contributed by atoms with E-state index in [2.05, 4.69) is 15.4 Å². The van der Waals surface area contributed by atoms with Gasteiger partial charge in [0.05, 0.1) is 21.5 Å². The average Bonchev–Trinajstić information content (AvgIpc) is 3.28. The zero-order valence-corrected chi connectivity index (χ0v) is 20.2. The summed E-state index contributed by atoms with van der Waals surface area (Å²) in [6, 6.07) is 4.70. The molecule has 3 N–H and O–H groups in total. The molecule has 1 aromatic carbocycles. The van der Waals surface area contributed by atoms with Crippen LogP contribution in [0.5, 0.6) is 5.75 Å². The van der Waals surface area contributed by atoms with Gasteiger partial charge < -0.3 is 30.3 Å². The molecule has 0 bridgehead atoms. The highest BCUT2D eigenvalue weighted by molar-refractivity contribution is 7.18. The van der Waals surface area contributed by atoms with E-state index in [0.29, 0.717) is 4.34 Å². The Morgan fingerprint density at radius 2 is 1.89 bits per heavy atom. The van der Waals surface area contributed by atoms with Gasteiger partial charge in [0.2, 0.25) is 5.91 Å². The smallest absolute Gasteiger partial charge is 0.387 e. The topological polar surface area (TPSA) is 126 Å². The van der Waals surface area contributed by atoms with Gasteiger partial charge in [0, 0.05) is 24.8 Å². The normalized spacial score (nSPS) is 14.5. The third-order valence-corrected chi connectivity index (χ3v) is 6.06. The second kappa shape index (κ2) is 12.7. The molecule has 0 aliphatic carbocycles. The van der Waals surface area contributed by atoms with Gasteiger partial charge in [-0.1, -0.05) is 11.6 Å². The number of thiophene rings is 1. The van der Waals surface area contributed by atoms with Gasteiger partial charge >= 0.3 is 13.0 Å². The summed E-state index contributed by atoms with van der Waals surface area (Å²) >= 11 is 6.69. The number of carbonyl (C=O) groups is 4. The van der Waals surface area contributed by atoms with Crippen LogP contribution in [0.1, 0.15) is 9.67 Å². The summed E-state index contributed by atoms with van der Waals surface area (Å²) in [6.45, 7) is -3.78. The fourth-order valence-corrected chi connectivity index (χ4v) is 4.11. The van der Waals surface area contributed by atoms with Crippen molar-refractivity contribution in [2.75, 3.05) is 36.5 Å². The molecule has 16 heteroatoms. The van der Waals surface area contributed by atoms with Crippen LogP contribution in [0.15, 0.2) is 30.3 Å². The Morgan fingerprint density at radius 1 is 1.14 bits per heavy atom. The lowest BCUT2D eigenvalue weighted by Gasteiger charge is -2.27. The molecule has 1 fully saturated rings. The van der Waals surface area contributed by atoms with Crippen molar-refractivity contribution in [3.8, 4) is 5.75 Å². The van der Waals surface area contributed by atoms with Crippen molar-refractivity contribution in [2.45, 2.75) is 19.1 Å². The summed E-state index contributed by atoms with van der Waals surface area (Å²) in [5.41, 5.74) is -0.117. The second-order valence-corrected chi connectivity index (χ2v) is 9.04. The monoisotopic (exact) mass is 566 g/mol. The van der Waals surface area contributed by atoms with Crippen LogP contribution in [0.3, 0.4) is 0 Å². The molecule has 0 saturated carbocycles. The summed E-state index contributed by atoms with van der Waals surface area (Å²) in [4.78, 5) is 50.1. The third kappa shape index (κ3) is 7.77. The zero-order chi connectivity index (χ0) is 27.1. The number of nitrogens with zero attached hydrogens (tertiary/aromatic N) is 1. The minimum Gasteiger partial charge on any atom is -0.433 e. The van der Waals surface area contributed by atoms with Crippen LogP contribution in [0.25, 0.3) is 0 Å². The fraction of sp³-hybridized carbons (Fsp3) is 0.333. The quantitative estimate of drug-likeness (QED) is 0.380. The molecule has 4 amide bonds. The van der Waals surface area contributed by atoms with Gasteiger partial charge in [-0.3, -0.25) is 19.2 Å². The summed E-state index contributed by atoms with van der Waals surface area (Å²) in [5, 5.41) is 6.31. The van der Waals surface area contributed by atoms with Gasteiger partial charge in [0.1, 0.15) is 12.6 Å². The number of benzene rings is 1. The molecule has 10 nitrogen and oxygen atoms in total. The molecule has 0 unspecified atom stereocenters. The van der Waals surface area contributed by atoms with Crippen molar-refractivity contribution in [3.63, 3.8) is 0 Å². The molecular weight excluding hydrogens is 548 g/mol. The van der Waals surface area contributed by atoms with Crippen LogP contribution in [0.4, 0.5) is 28.9 Å². The van der Waals surface area contributed by atoms with Gasteiger partial charge in [-0.15, -0.1) is 11.3 Å². The lowest BCUT2D eigenvalue weighted by molar-refractivity contribution is -0.134. The Morgan fingerprint density at radius 3 is 2.51 bits per heavy atom. The predicted molar refractivity (Wildman–Crippen MR) is 124 cm³/mol. The molecule has 1 aromatic heterocycles. The predicted octanol–water partition coefficient (Wildman–Crippen LogP) is 2.48. The van der Waals surface area contributed by atoms with E-state index in [9.17, 15) is 36.7 Å². The maximum absolute atomic E-state index is 13.0. The van der Waals surface area contributed by atoms with Gasteiger partial charge in [0.15, 0.2) is 5.75 Å². The Kier molecular flexibility index (Phi) is 9.66. The number of alkyl halides is 4. The van der Waals surface area contributed by atoms with E-state index in [4.69, 9.17) is 16.3 Å². The van der Waals surface area contributed by atoms with E-state index in [1.807, 2.05) is 0 Å². The molecule has 1 aliphatic rings. The molecule has 3 rings (SSSR count). The molecule has 1 atom stereocenters. The number of amides is 4. The molecule has 2 heterocycles. The number of morpholine rings is 1. The number of halogens is 5. The minimum absolute atomic E-state index is 0.148. The molecule has 1 aliphatic heterocycles. The SMILES string of the molecule is O=C(NC[C@H](NC(=O)C(F)F)C(=O)Nc1ccc(N2CCOCC2=O)cc1OC(F)F)c1ccc(Cl)s1. The van der Waals surface area contributed by atoms with E-state index in [1.165, 1.54) is 23.1 Å². The second-order valence-electron chi connectivity index (χ2n) is 7.32. The van der Waals surface area contributed by atoms with Crippen molar-refractivity contribution < 1.29 is 46.2 Å². The van der Waals surface area contributed by atoms with E-state index in [0.717, 1.165) is 23.5 Å². The first-order valence-corrected chi connectivity index (χ1v) is 11.6. The molecule has 0 radical (unpaired) electrons. The highest BCUT2D eigenvalue weighted by atomic mass is 35.5. The molecular formula is C21H19ClF4N4O6S. The average molecular weight is 567 g/mol. The first-order valence-electron chi connectivity index (χ1n) is 10.4. The number of ether oxygens (including phenoxy) is 2. The number of nitrogens with one attached hydrogen (secondary N) is 3. The minimum atomic E-state index is -3.47. The molecule has 37 heavy (non-hydrogen) atoms. The Bertz CT molecular complexity index is 1170. The Labute approximate surface area is 215 Å². The van der Waals surface area contributed by atoms with Gasteiger partial charge in [-0.05, 0) is 24.3 Å². The van der Waals surface area contributed by atoms with E-state index in [-0.39, 0.29) is 36.0 Å². The highest BCUT2D eigenvalue weighted by Crippen LogP contribution is 2.32. The standard InChI is InChI=1S/C21H19ClF4N4O6S/c22-15-4-3-14(37-15)19(33)27-8-12(29-20(34)17(23)24)18(32)28-11-2-1-10(7-13(11)36-21(25)26)30-5-6-35-9-16(30)31/h1-4,7,12,17,21H,5-6,8-9H2,(H,27,33)(H,28,32)(H,29,34)/t12-/m0/s1. The summed E-state index contributed by atoms with van der Waals surface area (Å²) in [7, 11) is 0. The third-order valence-electron chi connectivity index (χ3n) is 4.83. The lowest BCUT2D eigenvalue weighted by Crippen LogP contribution is -2.52. The molecule has 2 aromatic rings. The van der Waals surface area contributed by atoms with Crippen molar-refractivity contribution in [3.05, 3.63) is 39.5 Å². The molecule has 1 saturated heterocycles. The Balaban J connectivity index is 1.79. The van der Waals surface area contributed by atoms with Crippen LogP contribution in [0.2, 0.25) is 4.34 Å². The molecule has 200 valence electrons. The maximum atomic E-state index is 13.0. The van der Waals surface area contributed by atoms with Crippen molar-refractivity contribution in [2.24, 2.45) is 0 Å². The number of hydrogen-bond acceptors (Lipinski definition) is 7. The maximum Gasteiger partial charge on any atom is 0.387 e. The van der Waals surface area contributed by atoms with E-state index < -0.39 is 55.0 Å². The summed E-state index contributed by atoms with van der Waals surface area (Å²) in [5.74, 6) is -4.56. The fourth-order valence-electron chi connectivity index (χ4n) is 3.15. The summed E-state index contributed by atoms with van der Waals surface area (Å²) < 4.78 is 61.5. The van der Waals surface area contributed by atoms with Crippen LogP contribution in [0, 0.1) is 0 Å². The van der Waals surface area contributed by atoms with E-state index in [1.54, 1.807) is 5.32 Å². The number of rotatable bonds is 10. The van der Waals surface area contributed by atoms with Crippen LogP contribution >= 0.6 is 22.9 Å². The number of anilines is 2. The first kappa shape index (κ1) is 28.1. The first-order chi connectivity index (χ1) is 17.5. The van der Waals surface area contributed by atoms with Crippen LogP contribution in [-0.2, 0) is 19.1 Å². The van der Waals surface area contributed by atoms with Gasteiger partial charge in [-0.25, -0.2) is 0 Å². The van der Waals surface area contributed by atoms with Crippen LogP contribution in [-0.4, -0.2) is 69.0 Å². The highest BCUT2D eigenvalue weighted by Gasteiger charge is 2.28. The van der Waals surface area contributed by atoms with Gasteiger partial charge in [0.25, 0.3) is 17.7 Å². The largest absolute Gasteiger partial charge is 0.433 e. The molecule has 0 spiro atoms. The zero-order valence-electron chi connectivity index (χ0n) is 18.6.